The molecule has 1 aromatic rings. The fraction of sp³-hybridized carbons (Fsp3) is 0.357. The normalized spacial score (nSPS) is 18.5. The Bertz CT molecular complexity index is 741. The van der Waals surface area contributed by atoms with E-state index in [9.17, 15) is 26.4 Å². The highest BCUT2D eigenvalue weighted by atomic mass is 32.2. The van der Waals surface area contributed by atoms with E-state index in [-0.39, 0.29) is 18.0 Å². The number of nitrogens with zero attached hydrogens (tertiary/aromatic N) is 1. The van der Waals surface area contributed by atoms with E-state index in [1.165, 1.54) is 0 Å². The number of ether oxygens (including phenoxy) is 1. The molecular weight excluding hydrogens is 351 g/mol. The second kappa shape index (κ2) is 6.81. The maximum absolute atomic E-state index is 12.5. The van der Waals surface area contributed by atoms with E-state index in [0.717, 1.165) is 34.6 Å². The first kappa shape index (κ1) is 18.3. The van der Waals surface area contributed by atoms with E-state index >= 15 is 0 Å². The molecule has 1 aliphatic heterocycles. The Labute approximate surface area is 136 Å². The number of sulfonamides is 1. The molecule has 1 aromatic carbocycles. The van der Waals surface area contributed by atoms with Crippen LogP contribution in [0.15, 0.2) is 40.8 Å². The van der Waals surface area contributed by atoms with Gasteiger partial charge in [-0.05, 0) is 42.7 Å². The van der Waals surface area contributed by atoms with Gasteiger partial charge in [-0.25, -0.2) is 13.2 Å². The summed E-state index contributed by atoms with van der Waals surface area (Å²) in [6.45, 7) is 0.148. The van der Waals surface area contributed by atoms with Crippen molar-refractivity contribution in [3.63, 3.8) is 0 Å². The van der Waals surface area contributed by atoms with Crippen molar-refractivity contribution in [2.75, 3.05) is 13.1 Å². The first-order valence-electron chi connectivity index (χ1n) is 6.86. The number of carboxylic acid groups (broad SMARTS) is 1. The highest BCUT2D eigenvalue weighted by Crippen LogP contribution is 2.27. The van der Waals surface area contributed by atoms with Crippen molar-refractivity contribution >= 4 is 16.0 Å². The largest absolute Gasteiger partial charge is 0.573 e. The highest BCUT2D eigenvalue weighted by molar-refractivity contribution is 7.89. The Hall–Kier alpha value is -2.07. The van der Waals surface area contributed by atoms with Crippen LogP contribution in [-0.4, -0.2) is 43.3 Å². The van der Waals surface area contributed by atoms with Crippen LogP contribution in [0.25, 0.3) is 0 Å². The molecule has 1 N–H and O–H groups in total. The minimum absolute atomic E-state index is 0.0601. The summed E-state index contributed by atoms with van der Waals surface area (Å²) in [6.07, 6.45) is -2.93. The number of benzene rings is 1. The number of carbonyl (C=O) groups is 1. The maximum atomic E-state index is 12.5. The van der Waals surface area contributed by atoms with Gasteiger partial charge in [0.25, 0.3) is 0 Å². The predicted octanol–water partition coefficient (Wildman–Crippen LogP) is 2.38. The van der Waals surface area contributed by atoms with Crippen LogP contribution in [0.5, 0.6) is 5.75 Å². The third-order valence-corrected chi connectivity index (χ3v) is 5.17. The molecule has 0 aromatic heterocycles. The zero-order valence-electron chi connectivity index (χ0n) is 12.3. The molecule has 1 heterocycles. The molecule has 2 rings (SSSR count). The molecule has 6 nitrogen and oxygen atoms in total. The lowest BCUT2D eigenvalue weighted by molar-refractivity contribution is -0.274. The predicted molar refractivity (Wildman–Crippen MR) is 76.8 cm³/mol. The minimum Gasteiger partial charge on any atom is -0.478 e. The quantitative estimate of drug-likeness (QED) is 0.829. The van der Waals surface area contributed by atoms with Crippen molar-refractivity contribution in [1.29, 1.82) is 0 Å². The third-order valence-electron chi connectivity index (χ3n) is 3.31. The van der Waals surface area contributed by atoms with Gasteiger partial charge in [0.1, 0.15) is 5.75 Å². The van der Waals surface area contributed by atoms with Gasteiger partial charge in [0, 0.05) is 19.2 Å². The molecule has 0 amide bonds. The Kier molecular flexibility index (Phi) is 5.19. The number of hydrogen-bond donors (Lipinski definition) is 1. The van der Waals surface area contributed by atoms with E-state index < -0.39 is 28.1 Å². The first-order valence-corrected chi connectivity index (χ1v) is 8.30. The monoisotopic (exact) mass is 365 g/mol. The fourth-order valence-electron chi connectivity index (χ4n) is 2.33. The molecular formula is C14H14F3NO5S. The minimum atomic E-state index is -4.86. The molecule has 10 heteroatoms. The molecule has 0 saturated carbocycles. The van der Waals surface area contributed by atoms with Crippen LogP contribution in [-0.2, 0) is 14.8 Å². The highest BCUT2D eigenvalue weighted by Gasteiger charge is 2.32. The number of alkyl halides is 3. The number of aliphatic carboxylic acids is 1. The molecule has 0 atom stereocenters. The van der Waals surface area contributed by atoms with Crippen molar-refractivity contribution in [2.24, 2.45) is 0 Å². The molecule has 24 heavy (non-hydrogen) atoms. The summed E-state index contributed by atoms with van der Waals surface area (Å²) in [7, 11) is -3.93. The average molecular weight is 365 g/mol. The molecule has 0 unspecified atom stereocenters. The van der Waals surface area contributed by atoms with Crippen LogP contribution in [0, 0.1) is 0 Å². The molecule has 0 radical (unpaired) electrons. The molecule has 1 saturated heterocycles. The number of halogens is 3. The van der Waals surface area contributed by atoms with Crippen LogP contribution < -0.4 is 4.74 Å². The van der Waals surface area contributed by atoms with Crippen LogP contribution in [0.3, 0.4) is 0 Å². The Morgan fingerprint density at radius 2 is 1.88 bits per heavy atom. The summed E-state index contributed by atoms with van der Waals surface area (Å²) in [5.41, 5.74) is 0.467. The molecule has 132 valence electrons. The van der Waals surface area contributed by atoms with Crippen molar-refractivity contribution in [1.82, 2.24) is 4.31 Å². The topological polar surface area (TPSA) is 83.9 Å². The van der Waals surface area contributed by atoms with Gasteiger partial charge >= 0.3 is 12.3 Å². The van der Waals surface area contributed by atoms with Crippen LogP contribution in [0.2, 0.25) is 0 Å². The van der Waals surface area contributed by atoms with Gasteiger partial charge in [0.15, 0.2) is 0 Å². The summed E-state index contributed by atoms with van der Waals surface area (Å²) in [6, 6.07) is 3.87. The van der Waals surface area contributed by atoms with E-state index in [2.05, 4.69) is 4.74 Å². The summed E-state index contributed by atoms with van der Waals surface area (Å²) < 4.78 is 66.1. The van der Waals surface area contributed by atoms with Crippen molar-refractivity contribution < 1.29 is 36.2 Å². The second-order valence-electron chi connectivity index (χ2n) is 5.10. The van der Waals surface area contributed by atoms with Gasteiger partial charge in [-0.3, -0.25) is 0 Å². The summed E-state index contributed by atoms with van der Waals surface area (Å²) in [5, 5.41) is 8.75. The lowest BCUT2D eigenvalue weighted by atomic mass is 10.1. The Morgan fingerprint density at radius 3 is 2.42 bits per heavy atom. The zero-order valence-corrected chi connectivity index (χ0v) is 13.1. The van der Waals surface area contributed by atoms with Crippen LogP contribution in [0.1, 0.15) is 12.8 Å². The van der Waals surface area contributed by atoms with Gasteiger partial charge in [0.2, 0.25) is 10.0 Å². The van der Waals surface area contributed by atoms with E-state index in [4.69, 9.17) is 5.11 Å². The van der Waals surface area contributed by atoms with E-state index in [0.29, 0.717) is 18.4 Å². The molecule has 0 spiro atoms. The third kappa shape index (κ3) is 4.71. The number of hydrogen-bond acceptors (Lipinski definition) is 4. The SMILES string of the molecule is O=C(O)C=C1CCCN(S(=O)(=O)c2ccc(OC(F)(F)F)cc2)C1. The number of piperidine rings is 1. The smallest absolute Gasteiger partial charge is 0.478 e. The Balaban J connectivity index is 2.19. The van der Waals surface area contributed by atoms with Crippen molar-refractivity contribution in [2.45, 2.75) is 24.1 Å². The summed E-state index contributed by atoms with van der Waals surface area (Å²) in [5.74, 6) is -1.68. The fourth-order valence-corrected chi connectivity index (χ4v) is 3.81. The molecule has 0 bridgehead atoms. The molecule has 1 aliphatic rings. The Morgan fingerprint density at radius 1 is 1.25 bits per heavy atom. The number of rotatable bonds is 4. The lowest BCUT2D eigenvalue weighted by Gasteiger charge is -2.27. The van der Waals surface area contributed by atoms with Gasteiger partial charge < -0.3 is 9.84 Å². The molecule has 1 fully saturated rings. The standard InChI is InChI=1S/C14H14F3NO5S/c15-14(16,17)23-11-3-5-12(6-4-11)24(21,22)18-7-1-2-10(9-18)8-13(19)20/h3-6,8H,1-2,7,9H2,(H,19,20). The van der Waals surface area contributed by atoms with Gasteiger partial charge in [0.05, 0.1) is 4.90 Å². The number of carboxylic acids is 1. The lowest BCUT2D eigenvalue weighted by Crippen LogP contribution is -2.37. The second-order valence-corrected chi connectivity index (χ2v) is 7.04. The van der Waals surface area contributed by atoms with Crippen molar-refractivity contribution in [3.05, 3.63) is 35.9 Å². The van der Waals surface area contributed by atoms with Gasteiger partial charge in [-0.1, -0.05) is 0 Å². The van der Waals surface area contributed by atoms with E-state index in [1.54, 1.807) is 0 Å². The maximum Gasteiger partial charge on any atom is 0.573 e. The zero-order chi connectivity index (χ0) is 18.0. The van der Waals surface area contributed by atoms with Gasteiger partial charge in [-0.2, -0.15) is 4.31 Å². The van der Waals surface area contributed by atoms with Gasteiger partial charge in [-0.15, -0.1) is 13.2 Å². The first-order chi connectivity index (χ1) is 11.1. The van der Waals surface area contributed by atoms with E-state index in [1.807, 2.05) is 0 Å². The van der Waals surface area contributed by atoms with Crippen LogP contribution >= 0.6 is 0 Å². The molecule has 0 aliphatic carbocycles. The summed E-state index contributed by atoms with van der Waals surface area (Å²) in [4.78, 5) is 10.5. The van der Waals surface area contributed by atoms with Crippen molar-refractivity contribution in [3.8, 4) is 5.75 Å². The summed E-state index contributed by atoms with van der Waals surface area (Å²) >= 11 is 0. The average Bonchev–Trinajstić information content (AvgIpc) is 2.45. The van der Waals surface area contributed by atoms with Crippen LogP contribution in [0.4, 0.5) is 13.2 Å².